The number of benzene rings is 1. The lowest BCUT2D eigenvalue weighted by molar-refractivity contribution is 0.539. The van der Waals surface area contributed by atoms with Crippen molar-refractivity contribution >= 4 is 11.0 Å². The van der Waals surface area contributed by atoms with E-state index in [9.17, 15) is 0 Å². The average molecular weight is 203 g/mol. The van der Waals surface area contributed by atoms with Crippen molar-refractivity contribution in [3.05, 3.63) is 30.1 Å². The number of hydrogen-bond acceptors (Lipinski definition) is 2. The van der Waals surface area contributed by atoms with E-state index in [-0.39, 0.29) is 5.41 Å². The van der Waals surface area contributed by atoms with Gasteiger partial charge in [-0.05, 0) is 17.7 Å². The number of aryl methyl sites for hydroxylation is 1. The molecule has 1 heterocycles. The average Bonchev–Trinajstić information content (AvgIpc) is 2.60. The molecule has 3 heteroatoms. The Morgan fingerprint density at radius 3 is 2.80 bits per heavy atom. The zero-order chi connectivity index (χ0) is 11.1. The molecule has 1 aromatic carbocycles. The van der Waals surface area contributed by atoms with Gasteiger partial charge in [-0.2, -0.15) is 0 Å². The molecule has 2 aromatic rings. The Morgan fingerprint density at radius 2 is 2.13 bits per heavy atom. The summed E-state index contributed by atoms with van der Waals surface area (Å²) in [6.45, 7) is 4.94. The lowest BCUT2D eigenvalue weighted by Gasteiger charge is -2.22. The molecule has 0 amide bonds. The quantitative estimate of drug-likeness (QED) is 0.809. The van der Waals surface area contributed by atoms with Gasteiger partial charge in [0.15, 0.2) is 0 Å². The maximum absolute atomic E-state index is 5.76. The molecule has 3 nitrogen and oxygen atoms in total. The summed E-state index contributed by atoms with van der Waals surface area (Å²) in [6, 6.07) is 6.37. The van der Waals surface area contributed by atoms with Crippen molar-refractivity contribution in [2.75, 3.05) is 6.54 Å². The van der Waals surface area contributed by atoms with Crippen LogP contribution in [0.5, 0.6) is 0 Å². The lowest BCUT2D eigenvalue weighted by Crippen LogP contribution is -2.27. The van der Waals surface area contributed by atoms with Crippen LogP contribution in [0.2, 0.25) is 0 Å². The van der Waals surface area contributed by atoms with Gasteiger partial charge in [-0.15, -0.1) is 0 Å². The normalized spacial score (nSPS) is 12.3. The van der Waals surface area contributed by atoms with E-state index >= 15 is 0 Å². The third kappa shape index (κ3) is 1.63. The Labute approximate surface area is 89.9 Å². The Kier molecular flexibility index (Phi) is 2.27. The molecule has 0 unspecified atom stereocenters. The van der Waals surface area contributed by atoms with Crippen LogP contribution in [0, 0.1) is 0 Å². The molecule has 2 N–H and O–H groups in total. The summed E-state index contributed by atoms with van der Waals surface area (Å²) in [5, 5.41) is 0. The van der Waals surface area contributed by atoms with Crippen LogP contribution in [-0.4, -0.2) is 16.1 Å². The topological polar surface area (TPSA) is 43.8 Å². The summed E-state index contributed by atoms with van der Waals surface area (Å²) in [4.78, 5) is 4.35. The number of imidazole rings is 1. The van der Waals surface area contributed by atoms with Crippen LogP contribution in [0.15, 0.2) is 24.5 Å². The Morgan fingerprint density at radius 1 is 1.40 bits per heavy atom. The van der Waals surface area contributed by atoms with Crippen LogP contribution in [0.4, 0.5) is 0 Å². The molecule has 0 saturated carbocycles. The second-order valence-electron chi connectivity index (χ2n) is 4.65. The SMILES string of the molecule is Cn1cnc2cc(C(C)(C)CN)ccc21. The fourth-order valence-corrected chi connectivity index (χ4v) is 1.67. The minimum absolute atomic E-state index is 0.0196. The van der Waals surface area contributed by atoms with Crippen LogP contribution >= 0.6 is 0 Å². The summed E-state index contributed by atoms with van der Waals surface area (Å²) < 4.78 is 2.02. The van der Waals surface area contributed by atoms with Crippen molar-refractivity contribution in [3.63, 3.8) is 0 Å². The molecule has 0 saturated heterocycles. The van der Waals surface area contributed by atoms with Gasteiger partial charge in [0.05, 0.1) is 17.4 Å². The number of aromatic nitrogens is 2. The fraction of sp³-hybridized carbons (Fsp3) is 0.417. The van der Waals surface area contributed by atoms with E-state index in [1.807, 2.05) is 17.9 Å². The van der Waals surface area contributed by atoms with Gasteiger partial charge in [-0.3, -0.25) is 0 Å². The highest BCUT2D eigenvalue weighted by Crippen LogP contribution is 2.24. The highest BCUT2D eigenvalue weighted by atomic mass is 15.0. The van der Waals surface area contributed by atoms with Crippen molar-refractivity contribution in [2.45, 2.75) is 19.3 Å². The van der Waals surface area contributed by atoms with E-state index in [1.54, 1.807) is 0 Å². The summed E-state index contributed by atoms with van der Waals surface area (Å²) in [7, 11) is 2.00. The van der Waals surface area contributed by atoms with Crippen molar-refractivity contribution in [2.24, 2.45) is 12.8 Å². The van der Waals surface area contributed by atoms with E-state index in [2.05, 4.69) is 37.0 Å². The summed E-state index contributed by atoms with van der Waals surface area (Å²) in [6.07, 6.45) is 1.84. The largest absolute Gasteiger partial charge is 0.334 e. The first-order chi connectivity index (χ1) is 7.04. The first kappa shape index (κ1) is 10.2. The van der Waals surface area contributed by atoms with Crippen molar-refractivity contribution in [3.8, 4) is 0 Å². The summed E-state index contributed by atoms with van der Waals surface area (Å²) in [5.74, 6) is 0. The molecule has 15 heavy (non-hydrogen) atoms. The van der Waals surface area contributed by atoms with E-state index in [1.165, 1.54) is 5.56 Å². The third-order valence-corrected chi connectivity index (χ3v) is 3.02. The van der Waals surface area contributed by atoms with Gasteiger partial charge >= 0.3 is 0 Å². The zero-order valence-corrected chi connectivity index (χ0v) is 9.49. The lowest BCUT2D eigenvalue weighted by atomic mass is 9.85. The molecular formula is C12H17N3. The number of fused-ring (bicyclic) bond motifs is 1. The molecule has 0 fully saturated rings. The van der Waals surface area contributed by atoms with E-state index in [4.69, 9.17) is 5.73 Å². The fourth-order valence-electron chi connectivity index (χ4n) is 1.67. The van der Waals surface area contributed by atoms with Gasteiger partial charge in [0.2, 0.25) is 0 Å². The van der Waals surface area contributed by atoms with Gasteiger partial charge < -0.3 is 10.3 Å². The second kappa shape index (κ2) is 3.35. The van der Waals surface area contributed by atoms with Crippen LogP contribution in [-0.2, 0) is 12.5 Å². The van der Waals surface area contributed by atoms with Gasteiger partial charge in [0.25, 0.3) is 0 Å². The highest BCUT2D eigenvalue weighted by Gasteiger charge is 2.18. The van der Waals surface area contributed by atoms with E-state index in [0.29, 0.717) is 6.54 Å². The number of hydrogen-bond donors (Lipinski definition) is 1. The molecule has 0 atom stereocenters. The smallest absolute Gasteiger partial charge is 0.0955 e. The van der Waals surface area contributed by atoms with Crippen LogP contribution in [0.25, 0.3) is 11.0 Å². The molecule has 0 aliphatic heterocycles. The molecule has 0 radical (unpaired) electrons. The highest BCUT2D eigenvalue weighted by molar-refractivity contribution is 5.76. The minimum Gasteiger partial charge on any atom is -0.334 e. The zero-order valence-electron chi connectivity index (χ0n) is 9.49. The second-order valence-corrected chi connectivity index (χ2v) is 4.65. The van der Waals surface area contributed by atoms with Crippen molar-refractivity contribution in [1.82, 2.24) is 9.55 Å². The molecule has 0 aliphatic rings. The maximum atomic E-state index is 5.76. The van der Waals surface area contributed by atoms with Crippen LogP contribution in [0.3, 0.4) is 0 Å². The number of rotatable bonds is 2. The molecule has 0 bridgehead atoms. The van der Waals surface area contributed by atoms with Crippen molar-refractivity contribution < 1.29 is 0 Å². The monoisotopic (exact) mass is 203 g/mol. The minimum atomic E-state index is 0.0196. The van der Waals surface area contributed by atoms with Gasteiger partial charge in [-0.1, -0.05) is 19.9 Å². The predicted molar refractivity (Wildman–Crippen MR) is 62.8 cm³/mol. The van der Waals surface area contributed by atoms with E-state index in [0.717, 1.165) is 11.0 Å². The van der Waals surface area contributed by atoms with Gasteiger partial charge in [0, 0.05) is 19.0 Å². The molecule has 0 spiro atoms. The van der Waals surface area contributed by atoms with Gasteiger partial charge in [0.1, 0.15) is 0 Å². The number of nitrogens with two attached hydrogens (primary N) is 1. The molecule has 0 aliphatic carbocycles. The Bertz CT molecular complexity index is 483. The molecular weight excluding hydrogens is 186 g/mol. The van der Waals surface area contributed by atoms with Crippen LogP contribution < -0.4 is 5.73 Å². The summed E-state index contributed by atoms with van der Waals surface area (Å²) >= 11 is 0. The standard InChI is InChI=1S/C12H17N3/c1-12(2,7-13)9-4-5-11-10(6-9)14-8-15(11)3/h4-6,8H,7,13H2,1-3H3. The molecule has 80 valence electrons. The Hall–Kier alpha value is -1.35. The third-order valence-electron chi connectivity index (χ3n) is 3.02. The first-order valence-electron chi connectivity index (χ1n) is 5.16. The number of nitrogens with zero attached hydrogens (tertiary/aromatic N) is 2. The molecule has 2 rings (SSSR count). The maximum Gasteiger partial charge on any atom is 0.0955 e. The first-order valence-corrected chi connectivity index (χ1v) is 5.16. The van der Waals surface area contributed by atoms with Gasteiger partial charge in [-0.25, -0.2) is 4.98 Å². The summed E-state index contributed by atoms with van der Waals surface area (Å²) in [5.41, 5.74) is 9.23. The molecule has 1 aromatic heterocycles. The predicted octanol–water partition coefficient (Wildman–Crippen LogP) is 1.81. The van der Waals surface area contributed by atoms with Crippen LogP contribution in [0.1, 0.15) is 19.4 Å². The Balaban J connectivity index is 2.57. The van der Waals surface area contributed by atoms with Crippen molar-refractivity contribution in [1.29, 1.82) is 0 Å². The van der Waals surface area contributed by atoms with E-state index < -0.39 is 0 Å².